The van der Waals surface area contributed by atoms with Gasteiger partial charge in [-0.25, -0.2) is 19.4 Å². The molecule has 4 rings (SSSR count). The standard InChI is InChI=1S/C26H27N7O10S2/c1-4-14-12-45(41)23-16(9-33(23)20(14)24(38)39)27-21(36)19(30-43-10-18(34)35)17-11-44-25(28-17)29-26(40)42-13-32-7-5-6-15(8-32)22(37)31(2)3/h4-8,11,16,23H,1,9-10,12-13H2,2-3H3,(H3-,27,28,29,34,35,36,38,39,40)/p+1/b30-19+/t16-,23-,45?/m1/s1. The van der Waals surface area contributed by atoms with E-state index in [4.69, 9.17) is 14.7 Å². The lowest BCUT2D eigenvalue weighted by atomic mass is 10.0. The molecule has 3 atom stereocenters. The van der Waals surface area contributed by atoms with Crippen LogP contribution in [-0.4, -0.2) is 110 Å². The summed E-state index contributed by atoms with van der Waals surface area (Å²) in [5, 5.41) is 27.7. The lowest BCUT2D eigenvalue weighted by Gasteiger charge is -2.51. The number of thiazole rings is 1. The van der Waals surface area contributed by atoms with Crippen molar-refractivity contribution in [3.63, 3.8) is 0 Å². The van der Waals surface area contributed by atoms with Gasteiger partial charge in [0.1, 0.15) is 28.7 Å². The molecule has 17 nitrogen and oxygen atoms in total. The number of carbonyl (C=O) groups excluding carboxylic acids is 3. The predicted molar refractivity (Wildman–Crippen MR) is 157 cm³/mol. The van der Waals surface area contributed by atoms with Gasteiger partial charge in [-0.1, -0.05) is 17.8 Å². The maximum Gasteiger partial charge on any atom is 0.418 e. The lowest BCUT2D eigenvalue weighted by molar-refractivity contribution is -0.727. The van der Waals surface area contributed by atoms with Crippen LogP contribution in [0.5, 0.6) is 0 Å². The minimum atomic E-state index is -1.56. The molecule has 2 aromatic rings. The first-order valence-electron chi connectivity index (χ1n) is 12.9. The summed E-state index contributed by atoms with van der Waals surface area (Å²) >= 11 is -0.654. The molecule has 0 bridgehead atoms. The Bertz CT molecular complexity index is 1590. The van der Waals surface area contributed by atoms with Gasteiger partial charge in [0.15, 0.2) is 23.2 Å². The van der Waals surface area contributed by atoms with E-state index in [0.717, 1.165) is 11.3 Å². The van der Waals surface area contributed by atoms with Crippen LogP contribution in [-0.2, 0) is 41.9 Å². The molecule has 0 aliphatic carbocycles. The number of amides is 3. The maximum absolute atomic E-state index is 13.2. The number of nitrogens with zero attached hydrogens (tertiary/aromatic N) is 5. The number of aromatic nitrogens is 2. The van der Waals surface area contributed by atoms with Gasteiger partial charge < -0.3 is 39.5 Å². The summed E-state index contributed by atoms with van der Waals surface area (Å²) in [7, 11) is 3.22. The van der Waals surface area contributed by atoms with Gasteiger partial charge >= 0.3 is 18.0 Å². The highest BCUT2D eigenvalue weighted by molar-refractivity contribution is 7.92. The fraction of sp³-hybridized carbons (Fsp3) is 0.308. The number of hydrogen-bond acceptors (Lipinski definition) is 12. The normalized spacial score (nSPS) is 19.0. The van der Waals surface area contributed by atoms with E-state index in [2.05, 4.69) is 27.4 Å². The van der Waals surface area contributed by atoms with E-state index >= 15 is 0 Å². The SMILES string of the molecule is C=CC1=C(C(=O)O)N2C[C@@H](NC(=O)/C(=N/OCC(=O)O)c3csc(NC(=O)OC[n+]4cccc(C(=O)N(C)C)c4)n3)[C@H]2[S+]([O-])C1. The van der Waals surface area contributed by atoms with E-state index in [1.165, 1.54) is 32.0 Å². The maximum atomic E-state index is 13.2. The van der Waals surface area contributed by atoms with Crippen molar-refractivity contribution in [2.75, 3.05) is 38.3 Å². The molecule has 4 N–H and O–H groups in total. The summed E-state index contributed by atoms with van der Waals surface area (Å²) in [5.41, 5.74) is 0.139. The number of anilines is 1. The molecule has 1 saturated heterocycles. The molecule has 4 heterocycles. The highest BCUT2D eigenvalue weighted by Gasteiger charge is 2.54. The number of oxime groups is 1. The van der Waals surface area contributed by atoms with E-state index in [-0.39, 0.29) is 41.5 Å². The van der Waals surface area contributed by atoms with Gasteiger partial charge in [0.25, 0.3) is 18.5 Å². The quantitative estimate of drug-likeness (QED) is 0.0982. The number of carboxylic acids is 2. The van der Waals surface area contributed by atoms with Gasteiger partial charge in [-0.2, -0.15) is 4.57 Å². The summed E-state index contributed by atoms with van der Waals surface area (Å²) in [6, 6.07) is 2.50. The Kier molecular flexibility index (Phi) is 10.4. The van der Waals surface area contributed by atoms with Crippen LogP contribution in [0.15, 0.2) is 59.0 Å². The number of aliphatic carboxylic acids is 2. The third-order valence-corrected chi connectivity index (χ3v) is 8.81. The van der Waals surface area contributed by atoms with Gasteiger partial charge in [0, 0.05) is 31.1 Å². The van der Waals surface area contributed by atoms with Gasteiger partial charge in [0.2, 0.25) is 12.0 Å². The molecule has 238 valence electrons. The molecule has 0 saturated carbocycles. The fourth-order valence-corrected chi connectivity index (χ4v) is 6.74. The van der Waals surface area contributed by atoms with Crippen molar-refractivity contribution < 1.29 is 52.9 Å². The second-order valence-corrected chi connectivity index (χ2v) is 12.1. The topological polar surface area (TPSA) is 227 Å². The fourth-order valence-electron chi connectivity index (χ4n) is 4.33. The van der Waals surface area contributed by atoms with Crippen LogP contribution in [0.2, 0.25) is 0 Å². The van der Waals surface area contributed by atoms with Crippen molar-refractivity contribution in [1.29, 1.82) is 0 Å². The lowest BCUT2D eigenvalue weighted by Crippen LogP contribution is -2.71. The van der Waals surface area contributed by atoms with Gasteiger partial charge in [-0.15, -0.1) is 11.3 Å². The molecule has 2 aliphatic rings. The van der Waals surface area contributed by atoms with Crippen LogP contribution in [0.1, 0.15) is 16.1 Å². The summed E-state index contributed by atoms with van der Waals surface area (Å²) in [5.74, 6) is -3.72. The zero-order valence-electron chi connectivity index (χ0n) is 23.9. The number of carboxylic acid groups (broad SMARTS) is 2. The summed E-state index contributed by atoms with van der Waals surface area (Å²) in [6.45, 7) is 2.52. The number of allylic oxidation sites excluding steroid dienone is 1. The first kappa shape index (κ1) is 32.9. The van der Waals surface area contributed by atoms with Gasteiger partial charge in [0.05, 0.1) is 6.54 Å². The number of carbonyl (C=O) groups is 5. The van der Waals surface area contributed by atoms with Crippen molar-refractivity contribution in [2.45, 2.75) is 18.1 Å². The summed E-state index contributed by atoms with van der Waals surface area (Å²) < 4.78 is 19.5. The smallest absolute Gasteiger partial charge is 0.418 e. The van der Waals surface area contributed by atoms with E-state index in [0.29, 0.717) is 11.1 Å². The third-order valence-electron chi connectivity index (χ3n) is 6.34. The van der Waals surface area contributed by atoms with Gasteiger partial charge in [-0.05, 0) is 17.2 Å². The average molecular weight is 663 g/mol. The van der Waals surface area contributed by atoms with E-state index in [9.17, 15) is 33.6 Å². The van der Waals surface area contributed by atoms with Crippen molar-refractivity contribution in [2.24, 2.45) is 5.16 Å². The molecule has 1 unspecified atom stereocenters. The highest BCUT2D eigenvalue weighted by Crippen LogP contribution is 2.36. The largest absolute Gasteiger partial charge is 0.614 e. The molecule has 0 aromatic carbocycles. The number of pyridine rings is 1. The Hall–Kier alpha value is -5.01. The number of nitrogens with one attached hydrogen (secondary N) is 2. The molecule has 1 fully saturated rings. The third kappa shape index (κ3) is 7.75. The van der Waals surface area contributed by atoms with Crippen molar-refractivity contribution in [1.82, 2.24) is 20.1 Å². The second kappa shape index (κ2) is 14.2. The molecule has 2 aliphatic heterocycles. The zero-order valence-corrected chi connectivity index (χ0v) is 25.5. The predicted octanol–water partition coefficient (Wildman–Crippen LogP) is -0.443. The molecule has 19 heteroatoms. The average Bonchev–Trinajstić information content (AvgIpc) is 3.43. The van der Waals surface area contributed by atoms with Crippen LogP contribution in [0.25, 0.3) is 0 Å². The minimum absolute atomic E-state index is 0.00617. The molecule has 3 amide bonds. The Labute approximate surface area is 262 Å². The van der Waals surface area contributed by atoms with Crippen molar-refractivity contribution in [3.8, 4) is 0 Å². The Balaban J connectivity index is 1.42. The van der Waals surface area contributed by atoms with Crippen molar-refractivity contribution in [3.05, 3.63) is 65.1 Å². The van der Waals surface area contributed by atoms with Crippen molar-refractivity contribution >= 4 is 63.2 Å². The first-order chi connectivity index (χ1) is 21.4. The summed E-state index contributed by atoms with van der Waals surface area (Å²) in [6.07, 6.45) is 3.55. The monoisotopic (exact) mass is 662 g/mol. The number of hydrogen-bond donors (Lipinski definition) is 4. The van der Waals surface area contributed by atoms with Crippen LogP contribution in [0.4, 0.5) is 9.93 Å². The Morgan fingerprint density at radius 1 is 1.33 bits per heavy atom. The van der Waals surface area contributed by atoms with E-state index in [1.54, 1.807) is 32.4 Å². The molecule has 2 aromatic heterocycles. The molecule has 0 spiro atoms. The van der Waals surface area contributed by atoms with E-state index < -0.39 is 58.8 Å². The van der Waals surface area contributed by atoms with Crippen LogP contribution in [0, 0.1) is 0 Å². The zero-order chi connectivity index (χ0) is 32.8. The number of rotatable bonds is 12. The van der Waals surface area contributed by atoms with Gasteiger partial charge in [-0.3, -0.25) is 14.9 Å². The van der Waals surface area contributed by atoms with E-state index in [1.807, 2.05) is 0 Å². The van der Waals surface area contributed by atoms with Crippen LogP contribution in [0.3, 0.4) is 0 Å². The number of ether oxygens (including phenoxy) is 1. The Morgan fingerprint density at radius 2 is 2.09 bits per heavy atom. The first-order valence-corrected chi connectivity index (χ1v) is 15.2. The second-order valence-electron chi connectivity index (χ2n) is 9.67. The Morgan fingerprint density at radius 3 is 2.76 bits per heavy atom. The molecule has 0 radical (unpaired) electrons. The highest BCUT2D eigenvalue weighted by atomic mass is 32.2. The molecule has 45 heavy (non-hydrogen) atoms. The van der Waals surface area contributed by atoms with Crippen LogP contribution >= 0.6 is 11.3 Å². The number of fused-ring (bicyclic) bond motifs is 1. The summed E-state index contributed by atoms with van der Waals surface area (Å²) in [4.78, 5) is 72.3. The minimum Gasteiger partial charge on any atom is -0.614 e. The molecular formula is C26H28N7O10S2+. The molecular weight excluding hydrogens is 634 g/mol. The van der Waals surface area contributed by atoms with Crippen LogP contribution < -0.4 is 15.2 Å².